The van der Waals surface area contributed by atoms with E-state index in [0.29, 0.717) is 6.04 Å². The Kier molecular flexibility index (Phi) is 2.67. The molecule has 1 fully saturated rings. The number of hydrogen-bond acceptors (Lipinski definition) is 3. The monoisotopic (exact) mass is 196 g/mol. The van der Waals surface area contributed by atoms with Crippen molar-refractivity contribution in [3.8, 4) is 0 Å². The summed E-state index contributed by atoms with van der Waals surface area (Å²) in [7, 11) is 0. The molecule has 1 aliphatic rings. The maximum atomic E-state index is 3.52. The predicted molar refractivity (Wildman–Crippen MR) is 57.4 cm³/mol. The van der Waals surface area contributed by atoms with Crippen LogP contribution in [-0.2, 0) is 0 Å². The number of nitrogens with one attached hydrogen (secondary N) is 2. The van der Waals surface area contributed by atoms with Gasteiger partial charge in [0.15, 0.2) is 0 Å². The molecule has 0 spiro atoms. The molecule has 2 N–H and O–H groups in total. The molecule has 0 saturated carbocycles. The van der Waals surface area contributed by atoms with Crippen molar-refractivity contribution in [2.24, 2.45) is 0 Å². The molecule has 0 radical (unpaired) electrons. The van der Waals surface area contributed by atoms with E-state index in [1.165, 1.54) is 15.3 Å². The molecule has 72 valence electrons. The second kappa shape index (κ2) is 3.78. The quantitative estimate of drug-likeness (QED) is 0.713. The van der Waals surface area contributed by atoms with E-state index in [4.69, 9.17) is 0 Å². The fraction of sp³-hybridized carbons (Fsp3) is 0.600. The first-order valence-electron chi connectivity index (χ1n) is 4.78. The van der Waals surface area contributed by atoms with Crippen molar-refractivity contribution >= 4 is 11.3 Å². The highest BCUT2D eigenvalue weighted by molar-refractivity contribution is 7.12. The van der Waals surface area contributed by atoms with Crippen molar-refractivity contribution in [1.29, 1.82) is 0 Å². The van der Waals surface area contributed by atoms with Gasteiger partial charge >= 0.3 is 0 Å². The van der Waals surface area contributed by atoms with Crippen LogP contribution in [0, 0.1) is 13.8 Å². The summed E-state index contributed by atoms with van der Waals surface area (Å²) in [6.45, 7) is 7.63. The molecule has 2 nitrogen and oxygen atoms in total. The van der Waals surface area contributed by atoms with E-state index in [-0.39, 0.29) is 0 Å². The standard InChI is InChI=1S/C10H16N2S/c1-7-5-10(13-8(7)2)9-6-11-3-4-12-9/h5,9,11-12H,3-4,6H2,1-2H3/t9-/m1/s1. The molecule has 3 heteroatoms. The molecule has 2 heterocycles. The molecule has 1 atom stereocenters. The highest BCUT2D eigenvalue weighted by atomic mass is 32.1. The van der Waals surface area contributed by atoms with Crippen molar-refractivity contribution in [1.82, 2.24) is 10.6 Å². The largest absolute Gasteiger partial charge is 0.314 e. The first kappa shape index (κ1) is 9.19. The van der Waals surface area contributed by atoms with Crippen molar-refractivity contribution in [3.05, 3.63) is 21.4 Å². The SMILES string of the molecule is Cc1cc([C@H]2CNCCN2)sc1C. The van der Waals surface area contributed by atoms with Crippen molar-refractivity contribution in [3.63, 3.8) is 0 Å². The number of thiophene rings is 1. The van der Waals surface area contributed by atoms with Gasteiger partial charge in [-0.05, 0) is 25.5 Å². The Morgan fingerprint density at radius 1 is 1.38 bits per heavy atom. The molecule has 1 aromatic heterocycles. The summed E-state index contributed by atoms with van der Waals surface area (Å²) in [6.07, 6.45) is 0. The molecule has 1 saturated heterocycles. The molecule has 1 aromatic rings. The van der Waals surface area contributed by atoms with Gasteiger partial charge in [-0.3, -0.25) is 0 Å². The fourth-order valence-electron chi connectivity index (χ4n) is 1.63. The summed E-state index contributed by atoms with van der Waals surface area (Å²) >= 11 is 1.92. The van der Waals surface area contributed by atoms with Crippen LogP contribution in [0.1, 0.15) is 21.4 Å². The van der Waals surface area contributed by atoms with E-state index in [1.54, 1.807) is 0 Å². The van der Waals surface area contributed by atoms with Crippen LogP contribution in [0.25, 0.3) is 0 Å². The Balaban J connectivity index is 2.14. The zero-order chi connectivity index (χ0) is 9.26. The van der Waals surface area contributed by atoms with Gasteiger partial charge in [-0.1, -0.05) is 0 Å². The van der Waals surface area contributed by atoms with Gasteiger partial charge in [0.05, 0.1) is 6.04 Å². The Labute approximate surface area is 83.4 Å². The van der Waals surface area contributed by atoms with E-state index in [2.05, 4.69) is 30.5 Å². The number of piperazine rings is 1. The second-order valence-corrected chi connectivity index (χ2v) is 4.89. The third-order valence-corrected chi connectivity index (χ3v) is 3.84. The summed E-state index contributed by atoms with van der Waals surface area (Å²) in [5.41, 5.74) is 1.42. The third kappa shape index (κ3) is 1.93. The van der Waals surface area contributed by atoms with Crippen LogP contribution in [-0.4, -0.2) is 19.6 Å². The number of aryl methyl sites for hydroxylation is 2. The van der Waals surface area contributed by atoms with Gasteiger partial charge in [-0.2, -0.15) is 0 Å². The minimum absolute atomic E-state index is 0.533. The van der Waals surface area contributed by atoms with E-state index in [9.17, 15) is 0 Å². The van der Waals surface area contributed by atoms with Crippen LogP contribution >= 0.6 is 11.3 Å². The third-order valence-electron chi connectivity index (χ3n) is 2.57. The minimum Gasteiger partial charge on any atom is -0.314 e. The van der Waals surface area contributed by atoms with Gasteiger partial charge in [0.1, 0.15) is 0 Å². The average Bonchev–Trinajstić information content (AvgIpc) is 2.49. The van der Waals surface area contributed by atoms with Crippen molar-refractivity contribution < 1.29 is 0 Å². The first-order valence-corrected chi connectivity index (χ1v) is 5.60. The van der Waals surface area contributed by atoms with Gasteiger partial charge in [-0.25, -0.2) is 0 Å². The van der Waals surface area contributed by atoms with Crippen LogP contribution in [0.5, 0.6) is 0 Å². The molecule has 0 amide bonds. The molecule has 0 bridgehead atoms. The van der Waals surface area contributed by atoms with Crippen LogP contribution in [0.2, 0.25) is 0 Å². The van der Waals surface area contributed by atoms with Crippen LogP contribution < -0.4 is 10.6 Å². The average molecular weight is 196 g/mol. The molecule has 0 aliphatic carbocycles. The lowest BCUT2D eigenvalue weighted by molar-refractivity contribution is 0.435. The lowest BCUT2D eigenvalue weighted by atomic mass is 10.2. The zero-order valence-corrected chi connectivity index (χ0v) is 9.00. The first-order chi connectivity index (χ1) is 6.27. The fourth-order valence-corrected chi connectivity index (χ4v) is 2.75. The van der Waals surface area contributed by atoms with Crippen LogP contribution in [0.15, 0.2) is 6.07 Å². The van der Waals surface area contributed by atoms with Gasteiger partial charge in [0, 0.05) is 29.4 Å². The van der Waals surface area contributed by atoms with E-state index < -0.39 is 0 Å². The molecule has 0 unspecified atom stereocenters. The lowest BCUT2D eigenvalue weighted by Crippen LogP contribution is -2.42. The molecular weight excluding hydrogens is 180 g/mol. The van der Waals surface area contributed by atoms with E-state index in [0.717, 1.165) is 19.6 Å². The van der Waals surface area contributed by atoms with Gasteiger partial charge in [-0.15, -0.1) is 11.3 Å². The smallest absolute Gasteiger partial charge is 0.0542 e. The summed E-state index contributed by atoms with van der Waals surface area (Å²) < 4.78 is 0. The Morgan fingerprint density at radius 2 is 2.23 bits per heavy atom. The highest BCUT2D eigenvalue weighted by Gasteiger charge is 2.16. The molecule has 2 rings (SSSR count). The predicted octanol–water partition coefficient (Wildman–Crippen LogP) is 1.60. The summed E-state index contributed by atoms with van der Waals surface area (Å²) in [6, 6.07) is 2.84. The minimum atomic E-state index is 0.533. The van der Waals surface area contributed by atoms with Crippen molar-refractivity contribution in [2.75, 3.05) is 19.6 Å². The summed E-state index contributed by atoms with van der Waals surface area (Å²) in [4.78, 5) is 2.92. The van der Waals surface area contributed by atoms with Crippen molar-refractivity contribution in [2.45, 2.75) is 19.9 Å². The van der Waals surface area contributed by atoms with Gasteiger partial charge < -0.3 is 10.6 Å². The zero-order valence-electron chi connectivity index (χ0n) is 8.18. The topological polar surface area (TPSA) is 24.1 Å². The maximum absolute atomic E-state index is 3.52. The second-order valence-electron chi connectivity index (χ2n) is 3.60. The molecule has 13 heavy (non-hydrogen) atoms. The van der Waals surface area contributed by atoms with Crippen LogP contribution in [0.4, 0.5) is 0 Å². The summed E-state index contributed by atoms with van der Waals surface area (Å²) in [5, 5.41) is 6.93. The Morgan fingerprint density at radius 3 is 2.77 bits per heavy atom. The van der Waals surface area contributed by atoms with Gasteiger partial charge in [0.25, 0.3) is 0 Å². The number of hydrogen-bond donors (Lipinski definition) is 2. The molecule has 1 aliphatic heterocycles. The van der Waals surface area contributed by atoms with Crippen LogP contribution in [0.3, 0.4) is 0 Å². The van der Waals surface area contributed by atoms with E-state index >= 15 is 0 Å². The Bertz CT molecular complexity index is 268. The molecular formula is C10H16N2S. The Hall–Kier alpha value is -0.380. The summed E-state index contributed by atoms with van der Waals surface area (Å²) in [5.74, 6) is 0. The molecule has 0 aromatic carbocycles. The highest BCUT2D eigenvalue weighted by Crippen LogP contribution is 2.26. The lowest BCUT2D eigenvalue weighted by Gasteiger charge is -2.23. The maximum Gasteiger partial charge on any atom is 0.0542 e. The number of rotatable bonds is 1. The normalized spacial score (nSPS) is 23.4. The van der Waals surface area contributed by atoms with E-state index in [1.807, 2.05) is 11.3 Å². The van der Waals surface area contributed by atoms with Gasteiger partial charge in [0.2, 0.25) is 0 Å².